The third-order valence-corrected chi connectivity index (χ3v) is 5.83. The molecule has 4 aromatic rings. The van der Waals surface area contributed by atoms with Crippen LogP contribution in [0.25, 0.3) is 11.3 Å². The number of para-hydroxylation sites is 1. The minimum absolute atomic E-state index is 0.0114. The van der Waals surface area contributed by atoms with E-state index in [2.05, 4.69) is 10.3 Å². The number of furan rings is 1. The molecule has 0 bridgehead atoms. The number of fused-ring (bicyclic) bond motifs is 1. The number of ether oxygens (including phenoxy) is 1. The molecular formula is C24H19FN4O3S. The molecule has 7 nitrogen and oxygen atoms in total. The fraction of sp³-hybridized carbons (Fsp3) is 0.125. The number of benzene rings is 2. The van der Waals surface area contributed by atoms with Crippen LogP contribution in [0.15, 0.2) is 74.5 Å². The monoisotopic (exact) mass is 462 g/mol. The standard InChI is InChI=1S/C24H19FN4O3S/c1-14-7-9-21(32-14)15(2)28-29-20(13-33-24(29)27-18-6-4-3-5-17(18)25)16-8-10-22-19(11-16)26-23(30)12-31-22/h3-11,13H,12H2,1-2H3,(H,26,30). The second kappa shape index (κ2) is 8.51. The number of thiazole rings is 1. The highest BCUT2D eigenvalue weighted by Crippen LogP contribution is 2.33. The number of hydrogen-bond donors (Lipinski definition) is 1. The molecule has 0 spiro atoms. The van der Waals surface area contributed by atoms with E-state index in [1.165, 1.54) is 17.4 Å². The largest absolute Gasteiger partial charge is 0.482 e. The fourth-order valence-electron chi connectivity index (χ4n) is 3.39. The number of nitrogens with one attached hydrogen (secondary N) is 1. The molecule has 1 aliphatic heterocycles. The zero-order chi connectivity index (χ0) is 22.9. The molecule has 1 aliphatic rings. The Labute approximate surface area is 192 Å². The van der Waals surface area contributed by atoms with Crippen LogP contribution in [-0.2, 0) is 4.79 Å². The van der Waals surface area contributed by atoms with Crippen LogP contribution in [0, 0.1) is 12.7 Å². The van der Waals surface area contributed by atoms with E-state index in [1.54, 1.807) is 28.9 Å². The molecule has 0 aliphatic carbocycles. The lowest BCUT2D eigenvalue weighted by molar-refractivity contribution is -0.118. The molecule has 2 aromatic heterocycles. The third kappa shape index (κ3) is 4.22. The number of carbonyl (C=O) groups excluding carboxylic acids is 1. The van der Waals surface area contributed by atoms with Gasteiger partial charge in [-0.15, -0.1) is 11.3 Å². The summed E-state index contributed by atoms with van der Waals surface area (Å²) in [5.41, 5.74) is 2.94. The van der Waals surface area contributed by atoms with E-state index in [4.69, 9.17) is 14.3 Å². The van der Waals surface area contributed by atoms with Gasteiger partial charge in [0.05, 0.1) is 11.4 Å². The van der Waals surface area contributed by atoms with Crippen LogP contribution in [0.5, 0.6) is 5.75 Å². The molecule has 166 valence electrons. The molecule has 0 saturated heterocycles. The number of aryl methyl sites for hydroxylation is 1. The zero-order valence-electron chi connectivity index (χ0n) is 17.8. The molecule has 0 radical (unpaired) electrons. The van der Waals surface area contributed by atoms with Crippen LogP contribution in [0.4, 0.5) is 15.8 Å². The van der Waals surface area contributed by atoms with Gasteiger partial charge in [0.25, 0.3) is 5.91 Å². The van der Waals surface area contributed by atoms with E-state index in [-0.39, 0.29) is 18.2 Å². The lowest BCUT2D eigenvalue weighted by atomic mass is 10.1. The van der Waals surface area contributed by atoms with E-state index in [9.17, 15) is 9.18 Å². The van der Waals surface area contributed by atoms with Crippen molar-refractivity contribution < 1.29 is 18.3 Å². The van der Waals surface area contributed by atoms with Crippen molar-refractivity contribution in [2.45, 2.75) is 13.8 Å². The van der Waals surface area contributed by atoms with Gasteiger partial charge in [-0.2, -0.15) is 5.10 Å². The van der Waals surface area contributed by atoms with E-state index >= 15 is 0 Å². The minimum Gasteiger partial charge on any atom is -0.482 e. The Hall–Kier alpha value is -3.98. The first-order valence-electron chi connectivity index (χ1n) is 10.2. The predicted molar refractivity (Wildman–Crippen MR) is 125 cm³/mol. The molecule has 9 heteroatoms. The van der Waals surface area contributed by atoms with Gasteiger partial charge in [-0.05, 0) is 56.3 Å². The highest BCUT2D eigenvalue weighted by Gasteiger charge is 2.18. The Morgan fingerprint density at radius 1 is 1.18 bits per heavy atom. The topological polar surface area (TPSA) is 81.1 Å². The summed E-state index contributed by atoms with van der Waals surface area (Å²) in [6.07, 6.45) is 0. The number of amides is 1. The second-order valence-electron chi connectivity index (χ2n) is 7.42. The first-order valence-corrected chi connectivity index (χ1v) is 11.0. The van der Waals surface area contributed by atoms with Crippen LogP contribution in [0.1, 0.15) is 18.4 Å². The molecular weight excluding hydrogens is 443 g/mol. The Balaban J connectivity index is 1.68. The maximum absolute atomic E-state index is 14.3. The number of anilines is 1. The van der Waals surface area contributed by atoms with Crippen molar-refractivity contribution in [3.63, 3.8) is 0 Å². The van der Waals surface area contributed by atoms with E-state index < -0.39 is 5.82 Å². The maximum Gasteiger partial charge on any atom is 0.262 e. The molecule has 3 heterocycles. The number of rotatable bonds is 4. The van der Waals surface area contributed by atoms with Crippen molar-refractivity contribution in [1.82, 2.24) is 4.68 Å². The van der Waals surface area contributed by atoms with E-state index in [0.717, 1.165) is 17.0 Å². The molecule has 0 saturated carbocycles. The Morgan fingerprint density at radius 3 is 2.82 bits per heavy atom. The summed E-state index contributed by atoms with van der Waals surface area (Å²) in [5, 5.41) is 9.45. The number of aromatic nitrogens is 1. The normalized spacial score (nSPS) is 14.1. The first kappa shape index (κ1) is 20.9. The number of carbonyl (C=O) groups is 1. The van der Waals surface area contributed by atoms with Gasteiger partial charge in [0.15, 0.2) is 6.61 Å². The van der Waals surface area contributed by atoms with Crippen molar-refractivity contribution in [1.29, 1.82) is 0 Å². The van der Waals surface area contributed by atoms with Crippen LogP contribution in [0.2, 0.25) is 0 Å². The van der Waals surface area contributed by atoms with Crippen LogP contribution < -0.4 is 14.9 Å². The van der Waals surface area contributed by atoms with Gasteiger partial charge in [-0.1, -0.05) is 12.1 Å². The zero-order valence-corrected chi connectivity index (χ0v) is 18.6. The molecule has 1 N–H and O–H groups in total. The molecule has 0 atom stereocenters. The number of hydrogen-bond acceptors (Lipinski definition) is 6. The molecule has 5 rings (SSSR count). The smallest absolute Gasteiger partial charge is 0.262 e. The predicted octanol–water partition coefficient (Wildman–Crippen LogP) is 5.09. The van der Waals surface area contributed by atoms with Gasteiger partial charge >= 0.3 is 0 Å². The average molecular weight is 463 g/mol. The van der Waals surface area contributed by atoms with Gasteiger partial charge in [0.1, 0.15) is 34.5 Å². The average Bonchev–Trinajstić information content (AvgIpc) is 3.41. The quantitative estimate of drug-likeness (QED) is 0.429. The minimum atomic E-state index is -0.421. The first-order chi connectivity index (χ1) is 16.0. The Morgan fingerprint density at radius 2 is 2.03 bits per heavy atom. The summed E-state index contributed by atoms with van der Waals surface area (Å²) in [4.78, 5) is 16.8. The molecule has 0 fully saturated rings. The van der Waals surface area contributed by atoms with Crippen molar-refractivity contribution >= 4 is 34.3 Å². The summed E-state index contributed by atoms with van der Waals surface area (Å²) >= 11 is 1.33. The van der Waals surface area contributed by atoms with Crippen molar-refractivity contribution in [3.05, 3.63) is 82.1 Å². The van der Waals surface area contributed by atoms with Crippen LogP contribution in [0.3, 0.4) is 0 Å². The lowest BCUT2D eigenvalue weighted by Crippen LogP contribution is -2.25. The van der Waals surface area contributed by atoms with Crippen LogP contribution in [-0.4, -0.2) is 22.9 Å². The SMILES string of the molecule is CC(=Nn1c(-c2ccc3c(c2)NC(=O)CO3)csc1=Nc1ccccc1F)c1ccc(C)o1. The second-order valence-corrected chi connectivity index (χ2v) is 8.26. The van der Waals surface area contributed by atoms with Crippen LogP contribution >= 0.6 is 11.3 Å². The van der Waals surface area contributed by atoms with Gasteiger partial charge in [0.2, 0.25) is 4.80 Å². The van der Waals surface area contributed by atoms with Gasteiger partial charge in [-0.25, -0.2) is 14.1 Å². The van der Waals surface area contributed by atoms with Gasteiger partial charge in [0, 0.05) is 10.9 Å². The van der Waals surface area contributed by atoms with Crippen molar-refractivity contribution in [3.8, 4) is 17.0 Å². The number of nitrogens with zero attached hydrogens (tertiary/aromatic N) is 3. The summed E-state index contributed by atoms with van der Waals surface area (Å²) in [6, 6.07) is 15.5. The molecule has 1 amide bonds. The highest BCUT2D eigenvalue weighted by atomic mass is 32.1. The summed E-state index contributed by atoms with van der Waals surface area (Å²) in [5.74, 6) is 1.36. The highest BCUT2D eigenvalue weighted by molar-refractivity contribution is 7.07. The summed E-state index contributed by atoms with van der Waals surface area (Å²) in [7, 11) is 0. The Bertz CT molecular complexity index is 1460. The maximum atomic E-state index is 14.3. The molecule has 2 aromatic carbocycles. The summed E-state index contributed by atoms with van der Waals surface area (Å²) in [6.45, 7) is 3.69. The Kier molecular flexibility index (Phi) is 5.39. The van der Waals surface area contributed by atoms with Gasteiger partial charge in [-0.3, -0.25) is 4.79 Å². The molecule has 0 unspecified atom stereocenters. The fourth-order valence-corrected chi connectivity index (χ4v) is 4.23. The lowest BCUT2D eigenvalue weighted by Gasteiger charge is -2.18. The number of halogens is 1. The molecule has 33 heavy (non-hydrogen) atoms. The summed E-state index contributed by atoms with van der Waals surface area (Å²) < 4.78 is 27.1. The van der Waals surface area contributed by atoms with Gasteiger partial charge < -0.3 is 14.5 Å². The third-order valence-electron chi connectivity index (χ3n) is 5.01. The van der Waals surface area contributed by atoms with Crippen molar-refractivity contribution in [2.75, 3.05) is 11.9 Å². The van der Waals surface area contributed by atoms with Crippen molar-refractivity contribution in [2.24, 2.45) is 10.1 Å². The van der Waals surface area contributed by atoms with E-state index in [0.29, 0.717) is 27.7 Å². The van der Waals surface area contributed by atoms with E-state index in [1.807, 2.05) is 43.5 Å².